The van der Waals surface area contributed by atoms with E-state index in [1.165, 1.54) is 6.92 Å². The van der Waals surface area contributed by atoms with Crippen molar-refractivity contribution in [1.82, 2.24) is 0 Å². The number of nitrogens with zero attached hydrogens (tertiary/aromatic N) is 1. The third-order valence-corrected chi connectivity index (χ3v) is 2.80. The molecule has 0 radical (unpaired) electrons. The second kappa shape index (κ2) is 6.15. The zero-order valence-corrected chi connectivity index (χ0v) is 11.4. The van der Waals surface area contributed by atoms with E-state index in [9.17, 15) is 14.9 Å². The molecule has 1 aromatic carbocycles. The first-order chi connectivity index (χ1) is 8.47. The van der Waals surface area contributed by atoms with Gasteiger partial charge in [-0.15, -0.1) is 0 Å². The van der Waals surface area contributed by atoms with Gasteiger partial charge >= 0.3 is 11.7 Å². The van der Waals surface area contributed by atoms with Gasteiger partial charge in [0.05, 0.1) is 23.4 Å². The third kappa shape index (κ3) is 3.30. The van der Waals surface area contributed by atoms with Crippen LogP contribution in [0.1, 0.15) is 6.92 Å². The number of carbonyl (C=O) groups is 1. The fourth-order valence-corrected chi connectivity index (χ4v) is 1.67. The summed E-state index contributed by atoms with van der Waals surface area (Å²) in [5.74, 6) is -0.989. The van der Waals surface area contributed by atoms with E-state index in [0.29, 0.717) is 5.69 Å². The second-order valence-corrected chi connectivity index (χ2v) is 4.18. The van der Waals surface area contributed by atoms with Gasteiger partial charge in [-0.05, 0) is 35.0 Å². The molecule has 0 atom stereocenters. The highest BCUT2D eigenvalue weighted by Gasteiger charge is 2.26. The van der Waals surface area contributed by atoms with Crippen molar-refractivity contribution in [1.29, 1.82) is 0 Å². The largest absolute Gasteiger partial charge is 0.461 e. The van der Waals surface area contributed by atoms with Crippen molar-refractivity contribution in [2.24, 2.45) is 0 Å². The summed E-state index contributed by atoms with van der Waals surface area (Å²) in [6.45, 7) is 1.44. The van der Waals surface area contributed by atoms with Crippen molar-refractivity contribution in [3.63, 3.8) is 0 Å². The first-order valence-corrected chi connectivity index (χ1v) is 5.71. The minimum Gasteiger partial charge on any atom is -0.461 e. The number of ether oxygens (including phenoxy) is 1. The Morgan fingerprint density at radius 2 is 2.06 bits per heavy atom. The molecule has 0 saturated heterocycles. The van der Waals surface area contributed by atoms with Crippen LogP contribution in [0.5, 0.6) is 0 Å². The summed E-state index contributed by atoms with van der Waals surface area (Å²) in [5, 5.41) is 13.6. The SMILES string of the molecule is COC(=O)/C(=C(\C)Nc1ccccc1Br)[N+](=O)[O-]. The predicted octanol–water partition coefficient (Wildman–Crippen LogP) is 2.54. The van der Waals surface area contributed by atoms with Crippen LogP contribution < -0.4 is 5.32 Å². The minimum atomic E-state index is -0.989. The topological polar surface area (TPSA) is 81.5 Å². The number of nitrogens with one attached hydrogen (secondary N) is 1. The molecule has 0 heterocycles. The Labute approximate surface area is 112 Å². The monoisotopic (exact) mass is 314 g/mol. The van der Waals surface area contributed by atoms with Crippen molar-refractivity contribution < 1.29 is 14.5 Å². The van der Waals surface area contributed by atoms with Crippen LogP contribution in [0.15, 0.2) is 40.1 Å². The summed E-state index contributed by atoms with van der Waals surface area (Å²) < 4.78 is 5.11. The van der Waals surface area contributed by atoms with Crippen molar-refractivity contribution in [3.05, 3.63) is 50.2 Å². The van der Waals surface area contributed by atoms with E-state index in [0.717, 1.165) is 11.6 Å². The number of methoxy groups -OCH3 is 1. The average Bonchev–Trinajstić information content (AvgIpc) is 2.31. The number of halogens is 1. The smallest absolute Gasteiger partial charge is 0.411 e. The quantitative estimate of drug-likeness (QED) is 0.400. The van der Waals surface area contributed by atoms with Gasteiger partial charge in [-0.2, -0.15) is 0 Å². The lowest BCUT2D eigenvalue weighted by Gasteiger charge is -2.08. The number of para-hydroxylation sites is 1. The highest BCUT2D eigenvalue weighted by atomic mass is 79.9. The molecule has 7 heteroatoms. The molecule has 0 amide bonds. The molecular weight excluding hydrogens is 304 g/mol. The van der Waals surface area contributed by atoms with Crippen LogP contribution in [-0.2, 0) is 9.53 Å². The van der Waals surface area contributed by atoms with Crippen LogP contribution >= 0.6 is 15.9 Å². The molecule has 1 aromatic rings. The molecule has 6 nitrogen and oxygen atoms in total. The maximum absolute atomic E-state index is 11.3. The minimum absolute atomic E-state index is 0.110. The summed E-state index contributed by atoms with van der Waals surface area (Å²) in [6, 6.07) is 7.08. The van der Waals surface area contributed by atoms with Crippen LogP contribution in [0, 0.1) is 10.1 Å². The lowest BCUT2D eigenvalue weighted by molar-refractivity contribution is -0.422. The van der Waals surface area contributed by atoms with Gasteiger partial charge in [0, 0.05) is 4.47 Å². The van der Waals surface area contributed by atoms with Gasteiger partial charge in [-0.1, -0.05) is 12.1 Å². The molecule has 1 rings (SSSR count). The molecule has 18 heavy (non-hydrogen) atoms. The highest BCUT2D eigenvalue weighted by Crippen LogP contribution is 2.23. The van der Waals surface area contributed by atoms with Crippen LogP contribution in [0.25, 0.3) is 0 Å². The molecule has 0 saturated carbocycles. The summed E-state index contributed by atoms with van der Waals surface area (Å²) in [4.78, 5) is 21.3. The maximum atomic E-state index is 11.3. The zero-order chi connectivity index (χ0) is 13.7. The Hall–Kier alpha value is -1.89. The van der Waals surface area contributed by atoms with Gasteiger partial charge in [0.25, 0.3) is 0 Å². The fraction of sp³-hybridized carbons (Fsp3) is 0.182. The first kappa shape index (κ1) is 14.2. The Morgan fingerprint density at radius 1 is 1.44 bits per heavy atom. The van der Waals surface area contributed by atoms with Gasteiger partial charge in [0.1, 0.15) is 0 Å². The van der Waals surface area contributed by atoms with E-state index < -0.39 is 16.6 Å². The van der Waals surface area contributed by atoms with Crippen LogP contribution in [0.2, 0.25) is 0 Å². The fourth-order valence-electron chi connectivity index (χ4n) is 1.29. The lowest BCUT2D eigenvalue weighted by atomic mass is 10.3. The molecular formula is C11H11BrN2O4. The molecule has 0 aliphatic carbocycles. The molecule has 0 fully saturated rings. The molecule has 0 aliphatic heterocycles. The van der Waals surface area contributed by atoms with E-state index >= 15 is 0 Å². The normalized spacial score (nSPS) is 11.5. The van der Waals surface area contributed by atoms with E-state index in [4.69, 9.17) is 0 Å². The summed E-state index contributed by atoms with van der Waals surface area (Å²) >= 11 is 3.29. The number of carbonyl (C=O) groups excluding carboxylic acids is 1. The van der Waals surface area contributed by atoms with Gasteiger partial charge in [-0.3, -0.25) is 10.1 Å². The number of hydrogen-bond acceptors (Lipinski definition) is 5. The standard InChI is InChI=1S/C11H11BrN2O4/c1-7(10(14(16)17)11(15)18-2)13-9-6-4-3-5-8(9)12/h3-6,13H,1-2H3/b10-7-. The van der Waals surface area contributed by atoms with Crippen molar-refractivity contribution >= 4 is 27.6 Å². The number of hydrogen-bond donors (Lipinski definition) is 1. The molecule has 0 bridgehead atoms. The van der Waals surface area contributed by atoms with Crippen molar-refractivity contribution in [3.8, 4) is 0 Å². The average molecular weight is 315 g/mol. The van der Waals surface area contributed by atoms with Gasteiger partial charge < -0.3 is 10.1 Å². The Kier molecular flexibility index (Phi) is 4.85. The lowest BCUT2D eigenvalue weighted by Crippen LogP contribution is -2.17. The Bertz CT molecular complexity index is 514. The summed E-state index contributed by atoms with van der Waals surface area (Å²) in [5.41, 5.74) is 0.116. The summed E-state index contributed by atoms with van der Waals surface area (Å²) in [7, 11) is 1.09. The predicted molar refractivity (Wildman–Crippen MR) is 69.5 cm³/mol. The number of rotatable bonds is 4. The molecule has 0 aliphatic rings. The molecule has 0 aromatic heterocycles. The number of esters is 1. The number of benzene rings is 1. The molecule has 0 spiro atoms. The highest BCUT2D eigenvalue weighted by molar-refractivity contribution is 9.10. The maximum Gasteiger partial charge on any atom is 0.411 e. The molecule has 96 valence electrons. The number of allylic oxidation sites excluding steroid dienone is 1. The zero-order valence-electron chi connectivity index (χ0n) is 9.77. The Morgan fingerprint density at radius 3 is 2.56 bits per heavy atom. The third-order valence-electron chi connectivity index (χ3n) is 2.11. The second-order valence-electron chi connectivity index (χ2n) is 3.33. The van der Waals surface area contributed by atoms with Crippen molar-refractivity contribution in [2.75, 3.05) is 12.4 Å². The van der Waals surface area contributed by atoms with E-state index in [1.807, 2.05) is 6.07 Å². The summed E-state index contributed by atoms with van der Waals surface area (Å²) in [6.07, 6.45) is 0. The van der Waals surface area contributed by atoms with Gasteiger partial charge in [0.15, 0.2) is 0 Å². The van der Waals surface area contributed by atoms with E-state index in [-0.39, 0.29) is 5.70 Å². The first-order valence-electron chi connectivity index (χ1n) is 4.92. The number of nitro groups is 1. The van der Waals surface area contributed by atoms with Gasteiger partial charge in [0.2, 0.25) is 0 Å². The number of anilines is 1. The van der Waals surface area contributed by atoms with Gasteiger partial charge in [-0.25, -0.2) is 4.79 Å². The molecule has 0 unspecified atom stereocenters. The van der Waals surface area contributed by atoms with Crippen LogP contribution in [-0.4, -0.2) is 18.0 Å². The Balaban J connectivity index is 3.10. The molecule has 1 N–H and O–H groups in total. The van der Waals surface area contributed by atoms with Crippen molar-refractivity contribution in [2.45, 2.75) is 6.92 Å². The van der Waals surface area contributed by atoms with Crippen LogP contribution in [0.3, 0.4) is 0 Å². The van der Waals surface area contributed by atoms with E-state index in [2.05, 4.69) is 26.0 Å². The van der Waals surface area contributed by atoms with Crippen LogP contribution in [0.4, 0.5) is 5.69 Å². The van der Waals surface area contributed by atoms with E-state index in [1.54, 1.807) is 18.2 Å².